The quantitative estimate of drug-likeness (QED) is 0.212. The summed E-state index contributed by atoms with van der Waals surface area (Å²) in [5.41, 5.74) is 8.24. The van der Waals surface area contributed by atoms with Crippen molar-refractivity contribution in [3.05, 3.63) is 128 Å². The predicted octanol–water partition coefficient (Wildman–Crippen LogP) is 9.75. The second-order valence-electron chi connectivity index (χ2n) is 11.9. The van der Waals surface area contributed by atoms with E-state index in [-0.39, 0.29) is 17.0 Å². The van der Waals surface area contributed by atoms with Gasteiger partial charge in [0.15, 0.2) is 5.82 Å². The molecule has 4 aromatic carbocycles. The molecule has 0 fully saturated rings. The minimum Gasteiger partial charge on any atom is -0.456 e. The zero-order valence-electron chi connectivity index (χ0n) is 23.5. The molecule has 200 valence electrons. The third kappa shape index (κ3) is 3.02. The van der Waals surface area contributed by atoms with Crippen LogP contribution in [0.4, 0.5) is 22.9 Å². The third-order valence-corrected chi connectivity index (χ3v) is 9.70. The molecule has 2 atom stereocenters. The Morgan fingerprint density at radius 1 is 0.732 bits per heavy atom. The molecule has 6 aromatic rings. The van der Waals surface area contributed by atoms with Crippen LogP contribution in [-0.2, 0) is 5.41 Å². The van der Waals surface area contributed by atoms with Gasteiger partial charge in [0.25, 0.3) is 0 Å². The fraction of sp³-hybridized carbons (Fsp3) is 0.162. The van der Waals surface area contributed by atoms with Gasteiger partial charge >= 0.3 is 0 Å². The van der Waals surface area contributed by atoms with Crippen molar-refractivity contribution in [1.82, 2.24) is 4.98 Å². The number of pyridine rings is 1. The smallest absolute Gasteiger partial charge is 0.158 e. The summed E-state index contributed by atoms with van der Waals surface area (Å²) in [6.07, 6.45) is 4.00. The zero-order valence-corrected chi connectivity index (χ0v) is 23.5. The van der Waals surface area contributed by atoms with Gasteiger partial charge in [0, 0.05) is 39.1 Å². The fourth-order valence-corrected chi connectivity index (χ4v) is 7.29. The van der Waals surface area contributed by atoms with Crippen molar-refractivity contribution in [2.45, 2.75) is 32.4 Å². The highest BCUT2D eigenvalue weighted by molar-refractivity contribution is 6.16. The largest absolute Gasteiger partial charge is 0.456 e. The van der Waals surface area contributed by atoms with Crippen molar-refractivity contribution in [2.75, 3.05) is 9.80 Å². The Morgan fingerprint density at radius 3 is 2.29 bits per heavy atom. The molecule has 0 N–H and O–H groups in total. The van der Waals surface area contributed by atoms with Crippen LogP contribution in [-0.4, -0.2) is 11.1 Å². The van der Waals surface area contributed by atoms with Crippen molar-refractivity contribution in [3.63, 3.8) is 0 Å². The van der Waals surface area contributed by atoms with Gasteiger partial charge in [0.1, 0.15) is 17.3 Å². The van der Waals surface area contributed by atoms with E-state index in [9.17, 15) is 0 Å². The van der Waals surface area contributed by atoms with E-state index in [2.05, 4.69) is 134 Å². The number of aromatic nitrogens is 1. The van der Waals surface area contributed by atoms with Crippen LogP contribution in [0, 0.1) is 5.41 Å². The third-order valence-electron chi connectivity index (χ3n) is 9.70. The average molecular weight is 534 g/mol. The number of fused-ring (bicyclic) bond motifs is 8. The molecule has 0 saturated carbocycles. The molecule has 4 heteroatoms. The maximum atomic E-state index is 6.39. The summed E-state index contributed by atoms with van der Waals surface area (Å²) in [6, 6.07) is 36.4. The number of hydrogen-bond acceptors (Lipinski definition) is 4. The number of allylic oxidation sites excluding steroid dienone is 1. The first-order chi connectivity index (χ1) is 20.0. The highest BCUT2D eigenvalue weighted by Gasteiger charge is 2.59. The summed E-state index contributed by atoms with van der Waals surface area (Å²) in [5, 5.41) is 2.24. The first kappa shape index (κ1) is 24.0. The van der Waals surface area contributed by atoms with Gasteiger partial charge in [-0.05, 0) is 47.5 Å². The summed E-state index contributed by atoms with van der Waals surface area (Å²) < 4.78 is 6.39. The van der Waals surface area contributed by atoms with Gasteiger partial charge in [-0.3, -0.25) is 0 Å². The van der Waals surface area contributed by atoms with Crippen molar-refractivity contribution < 1.29 is 4.42 Å². The number of hydrogen-bond donors (Lipinski definition) is 0. The Labute approximate surface area is 240 Å². The van der Waals surface area contributed by atoms with Crippen LogP contribution in [0.15, 0.2) is 126 Å². The van der Waals surface area contributed by atoms with Gasteiger partial charge < -0.3 is 14.2 Å². The average Bonchev–Trinajstić information content (AvgIpc) is 3.57. The van der Waals surface area contributed by atoms with Crippen LogP contribution in [0.5, 0.6) is 0 Å². The predicted molar refractivity (Wildman–Crippen MR) is 169 cm³/mol. The number of nitrogens with zero attached hydrogens (tertiary/aromatic N) is 3. The van der Waals surface area contributed by atoms with E-state index in [1.54, 1.807) is 0 Å². The molecule has 4 nitrogen and oxygen atoms in total. The summed E-state index contributed by atoms with van der Waals surface area (Å²) in [6.45, 7) is 11.4. The van der Waals surface area contributed by atoms with E-state index in [0.29, 0.717) is 0 Å². The van der Waals surface area contributed by atoms with Gasteiger partial charge in [0.2, 0.25) is 0 Å². The van der Waals surface area contributed by atoms with Crippen molar-refractivity contribution >= 4 is 44.8 Å². The van der Waals surface area contributed by atoms with Crippen molar-refractivity contribution in [2.24, 2.45) is 5.41 Å². The van der Waals surface area contributed by atoms with Crippen LogP contribution >= 0.6 is 0 Å². The molecule has 0 spiro atoms. The highest BCUT2D eigenvalue weighted by Crippen LogP contribution is 2.63. The molecule has 0 aliphatic carbocycles. The van der Waals surface area contributed by atoms with E-state index in [1.165, 1.54) is 11.3 Å². The summed E-state index contributed by atoms with van der Waals surface area (Å²) >= 11 is 0. The Hall–Kier alpha value is -4.83. The SMILES string of the molecule is C=CC1(C)c2ccccc2N2c3cccnc3N(c3ccc4oc5ccccc5c4c3-c3ccccc3)C2C1(C)C. The normalized spacial score (nSPS) is 20.6. The van der Waals surface area contributed by atoms with E-state index < -0.39 is 0 Å². The maximum absolute atomic E-state index is 6.39. The number of para-hydroxylation sites is 2. The molecule has 4 heterocycles. The lowest BCUT2D eigenvalue weighted by Crippen LogP contribution is -2.60. The molecular formula is C37H31N3O. The Morgan fingerprint density at radius 2 is 1.46 bits per heavy atom. The number of rotatable bonds is 3. The molecule has 8 rings (SSSR count). The maximum Gasteiger partial charge on any atom is 0.158 e. The molecule has 2 aromatic heterocycles. The molecule has 2 unspecified atom stereocenters. The number of benzene rings is 4. The first-order valence-electron chi connectivity index (χ1n) is 14.2. The lowest BCUT2D eigenvalue weighted by molar-refractivity contribution is 0.171. The lowest BCUT2D eigenvalue weighted by Gasteiger charge is -2.56. The van der Waals surface area contributed by atoms with Crippen molar-refractivity contribution in [1.29, 1.82) is 0 Å². The number of furan rings is 1. The van der Waals surface area contributed by atoms with Crippen LogP contribution < -0.4 is 9.80 Å². The summed E-state index contributed by atoms with van der Waals surface area (Å²) in [4.78, 5) is 10.0. The minimum absolute atomic E-state index is 0.0524. The van der Waals surface area contributed by atoms with Crippen molar-refractivity contribution in [3.8, 4) is 11.1 Å². The van der Waals surface area contributed by atoms with Crippen LogP contribution in [0.25, 0.3) is 33.1 Å². The molecule has 41 heavy (non-hydrogen) atoms. The highest BCUT2D eigenvalue weighted by atomic mass is 16.3. The van der Waals surface area contributed by atoms with Gasteiger partial charge in [-0.1, -0.05) is 93.6 Å². The zero-order chi connectivity index (χ0) is 27.9. The van der Waals surface area contributed by atoms with Gasteiger partial charge in [0.05, 0.1) is 11.4 Å². The Balaban J connectivity index is 1.50. The molecule has 2 aliphatic rings. The second kappa shape index (κ2) is 8.34. The van der Waals surface area contributed by atoms with E-state index in [0.717, 1.165) is 50.3 Å². The van der Waals surface area contributed by atoms with Gasteiger partial charge in [-0.2, -0.15) is 0 Å². The minimum atomic E-state index is -0.287. The standard InChI is InChI=1S/C37H31N3O/c1-5-37(4)26-17-10-11-18-27(26)39-29-19-13-23-38-34(29)40(35(39)36(37,2)3)28-21-22-31-33(25-16-9-12-20-30(25)41-31)32(28)24-14-7-6-8-15-24/h5-23,35H,1H2,2-4H3. The topological polar surface area (TPSA) is 32.5 Å². The summed E-state index contributed by atoms with van der Waals surface area (Å²) in [7, 11) is 0. The molecule has 0 amide bonds. The van der Waals surface area contributed by atoms with Crippen LogP contribution in [0.2, 0.25) is 0 Å². The molecule has 2 aliphatic heterocycles. The number of anilines is 4. The van der Waals surface area contributed by atoms with Crippen LogP contribution in [0.1, 0.15) is 26.3 Å². The van der Waals surface area contributed by atoms with E-state index >= 15 is 0 Å². The first-order valence-corrected chi connectivity index (χ1v) is 14.2. The fourth-order valence-electron chi connectivity index (χ4n) is 7.29. The Bertz CT molecular complexity index is 1990. The molecule has 0 saturated heterocycles. The monoisotopic (exact) mass is 533 g/mol. The molecule has 0 radical (unpaired) electrons. The van der Waals surface area contributed by atoms with Gasteiger partial charge in [-0.25, -0.2) is 4.98 Å². The molecule has 0 bridgehead atoms. The second-order valence-corrected chi connectivity index (χ2v) is 11.9. The van der Waals surface area contributed by atoms with Gasteiger partial charge in [-0.15, -0.1) is 6.58 Å². The summed E-state index contributed by atoms with van der Waals surface area (Å²) in [5.74, 6) is 0.957. The molecular weight excluding hydrogens is 502 g/mol. The van der Waals surface area contributed by atoms with E-state index in [4.69, 9.17) is 9.40 Å². The van der Waals surface area contributed by atoms with E-state index in [1.807, 2.05) is 18.3 Å². The lowest BCUT2D eigenvalue weighted by atomic mass is 9.58. The Kier molecular flexibility index (Phi) is 4.88. The van der Waals surface area contributed by atoms with Crippen LogP contribution in [0.3, 0.4) is 0 Å².